The van der Waals surface area contributed by atoms with Crippen LogP contribution in [-0.4, -0.2) is 55.4 Å². The van der Waals surface area contributed by atoms with Crippen molar-refractivity contribution in [3.8, 4) is 11.5 Å². The normalized spacial score (nSPS) is 14.7. The van der Waals surface area contributed by atoms with Crippen molar-refractivity contribution in [1.29, 1.82) is 0 Å². The molecule has 1 aliphatic heterocycles. The Morgan fingerprint density at radius 3 is 2.57 bits per heavy atom. The highest BCUT2D eigenvalue weighted by Crippen LogP contribution is 2.54. The molecule has 0 saturated carbocycles. The van der Waals surface area contributed by atoms with Crippen molar-refractivity contribution in [1.82, 2.24) is 4.90 Å². The van der Waals surface area contributed by atoms with Crippen LogP contribution >= 0.6 is 35.8 Å². The predicted molar refractivity (Wildman–Crippen MR) is 147 cm³/mol. The van der Waals surface area contributed by atoms with Crippen LogP contribution in [0.5, 0.6) is 11.5 Å². The molecule has 3 rings (SSSR count). The van der Waals surface area contributed by atoms with E-state index in [1.165, 1.54) is 0 Å². The van der Waals surface area contributed by atoms with Gasteiger partial charge < -0.3 is 14.6 Å². The zero-order valence-corrected chi connectivity index (χ0v) is 23.2. The number of carbonyl (C=O) groups excluding carboxylic acids is 1. The molecule has 0 aromatic heterocycles. The van der Waals surface area contributed by atoms with Crippen LogP contribution < -0.4 is 14.4 Å². The number of nitrogens with zero attached hydrogens (tertiary/aromatic N) is 2. The molecule has 0 aliphatic carbocycles. The van der Waals surface area contributed by atoms with Crippen molar-refractivity contribution >= 4 is 47.4 Å². The third-order valence-electron chi connectivity index (χ3n) is 6.17. The van der Waals surface area contributed by atoms with Crippen molar-refractivity contribution in [3.63, 3.8) is 0 Å². The van der Waals surface area contributed by atoms with E-state index in [4.69, 9.17) is 21.1 Å². The van der Waals surface area contributed by atoms with E-state index in [1.807, 2.05) is 30.3 Å². The summed E-state index contributed by atoms with van der Waals surface area (Å²) in [6.07, 6.45) is 2.96. The van der Waals surface area contributed by atoms with Crippen LogP contribution in [0.3, 0.4) is 0 Å². The Kier molecular flexibility index (Phi) is 12.0. The molecule has 194 valence electrons. The number of carbonyl (C=O) groups is 1. The monoisotopic (exact) mass is 542 g/mol. The molecule has 1 N–H and O–H groups in total. The van der Waals surface area contributed by atoms with Gasteiger partial charge in [-0.1, -0.05) is 37.2 Å². The van der Waals surface area contributed by atoms with Crippen molar-refractivity contribution in [2.24, 2.45) is 0 Å². The summed E-state index contributed by atoms with van der Waals surface area (Å²) in [4.78, 5) is 17.7. The third kappa shape index (κ3) is 7.20. The number of halogens is 2. The number of thioether (sulfide) groups is 1. The summed E-state index contributed by atoms with van der Waals surface area (Å²) in [5.74, 6) is 1.40. The van der Waals surface area contributed by atoms with Gasteiger partial charge in [-0.3, -0.25) is 14.6 Å². The van der Waals surface area contributed by atoms with Crippen LogP contribution in [0.25, 0.3) is 0 Å². The summed E-state index contributed by atoms with van der Waals surface area (Å²) in [6, 6.07) is 11.8. The van der Waals surface area contributed by atoms with E-state index >= 15 is 0 Å². The van der Waals surface area contributed by atoms with Crippen LogP contribution in [-0.2, 0) is 4.79 Å². The number of anilines is 1. The van der Waals surface area contributed by atoms with Crippen LogP contribution in [0.2, 0.25) is 5.02 Å². The van der Waals surface area contributed by atoms with Gasteiger partial charge in [0.25, 0.3) is 0 Å². The van der Waals surface area contributed by atoms with Gasteiger partial charge in [0.2, 0.25) is 5.91 Å². The summed E-state index contributed by atoms with van der Waals surface area (Å²) in [5, 5.41) is 9.82. The molecule has 6 nitrogen and oxygen atoms in total. The van der Waals surface area contributed by atoms with Gasteiger partial charge in [0.15, 0.2) is 0 Å². The van der Waals surface area contributed by atoms with Crippen LogP contribution in [0.4, 0.5) is 5.69 Å². The number of ether oxygens (including phenoxy) is 2. The van der Waals surface area contributed by atoms with E-state index in [1.54, 1.807) is 36.8 Å². The van der Waals surface area contributed by atoms with Gasteiger partial charge in [0.1, 0.15) is 16.9 Å². The molecule has 9 heteroatoms. The molecular formula is C26H36Cl2N2O4S. The molecule has 1 amide bonds. The number of rotatable bonds is 12. The number of amides is 1. The largest absolute Gasteiger partial charge is 0.497 e. The number of aliphatic hydroxyl groups excluding tert-OH is 1. The zero-order chi connectivity index (χ0) is 24.7. The smallest absolute Gasteiger partial charge is 0.225 e. The Labute approximate surface area is 224 Å². The first-order valence-corrected chi connectivity index (χ1v) is 13.1. The minimum absolute atomic E-state index is 0. The number of hydrogen-bond donors (Lipinski definition) is 1. The molecular weight excluding hydrogens is 507 g/mol. The van der Waals surface area contributed by atoms with E-state index < -0.39 is 0 Å². The summed E-state index contributed by atoms with van der Waals surface area (Å²) >= 11 is 7.80. The minimum atomic E-state index is -0.272. The molecule has 0 spiro atoms. The maximum absolute atomic E-state index is 12.6. The van der Waals surface area contributed by atoms with E-state index in [-0.39, 0.29) is 30.3 Å². The molecule has 1 atom stereocenters. The lowest BCUT2D eigenvalue weighted by Gasteiger charge is -2.30. The molecule has 35 heavy (non-hydrogen) atoms. The number of fused-ring (bicyclic) bond motifs is 1. The van der Waals surface area contributed by atoms with E-state index in [2.05, 4.69) is 18.7 Å². The summed E-state index contributed by atoms with van der Waals surface area (Å²) in [5.41, 5.74) is 1.74. The molecule has 2 aromatic rings. The second kappa shape index (κ2) is 14.2. The predicted octanol–water partition coefficient (Wildman–Crippen LogP) is 6.18. The molecule has 0 saturated heterocycles. The molecule has 0 bridgehead atoms. The maximum atomic E-state index is 12.6. The first kappa shape index (κ1) is 29.6. The summed E-state index contributed by atoms with van der Waals surface area (Å²) < 4.78 is 11.7. The Balaban J connectivity index is 0.00000432. The number of benzene rings is 2. The fraction of sp³-hybridized carbons (Fsp3) is 0.500. The Hall–Kier alpha value is -1.64. The molecule has 0 fully saturated rings. The topological polar surface area (TPSA) is 62.2 Å². The average molecular weight is 544 g/mol. The fourth-order valence-electron chi connectivity index (χ4n) is 4.46. The number of aliphatic hydroxyl groups is 1. The Bertz CT molecular complexity index is 974. The van der Waals surface area contributed by atoms with Gasteiger partial charge >= 0.3 is 0 Å². The minimum Gasteiger partial charge on any atom is -0.497 e. The average Bonchev–Trinajstić information content (AvgIpc) is 3.21. The van der Waals surface area contributed by atoms with Gasteiger partial charge in [-0.15, -0.1) is 12.4 Å². The highest BCUT2D eigenvalue weighted by atomic mass is 35.5. The van der Waals surface area contributed by atoms with Crippen LogP contribution in [0.15, 0.2) is 41.3 Å². The van der Waals surface area contributed by atoms with Crippen molar-refractivity contribution in [2.75, 3.05) is 38.3 Å². The third-order valence-corrected chi connectivity index (χ3v) is 7.67. The molecule has 0 radical (unpaired) electrons. The molecule has 1 unspecified atom stereocenters. The second-order valence-electron chi connectivity index (χ2n) is 8.31. The maximum Gasteiger partial charge on any atom is 0.225 e. The quantitative estimate of drug-likeness (QED) is 0.323. The van der Waals surface area contributed by atoms with Crippen LogP contribution in [0, 0.1) is 0 Å². The van der Waals surface area contributed by atoms with Crippen molar-refractivity contribution < 1.29 is 19.4 Å². The van der Waals surface area contributed by atoms with Crippen molar-refractivity contribution in [2.45, 2.75) is 56.3 Å². The van der Waals surface area contributed by atoms with E-state index in [0.717, 1.165) is 47.7 Å². The fourth-order valence-corrected chi connectivity index (χ4v) is 6.09. The highest BCUT2D eigenvalue weighted by Gasteiger charge is 2.36. The lowest BCUT2D eigenvalue weighted by molar-refractivity contribution is -0.116. The molecule has 2 aromatic carbocycles. The second-order valence-corrected chi connectivity index (χ2v) is 9.87. The Morgan fingerprint density at radius 2 is 1.94 bits per heavy atom. The summed E-state index contributed by atoms with van der Waals surface area (Å²) in [7, 11) is 1.63. The first-order valence-electron chi connectivity index (χ1n) is 11.8. The Morgan fingerprint density at radius 1 is 1.20 bits per heavy atom. The van der Waals surface area contributed by atoms with Gasteiger partial charge in [-0.2, -0.15) is 0 Å². The molecule has 1 aliphatic rings. The first-order chi connectivity index (χ1) is 16.4. The summed E-state index contributed by atoms with van der Waals surface area (Å²) in [6.45, 7) is 8.18. The number of hydrogen-bond acceptors (Lipinski definition) is 6. The zero-order valence-electron chi connectivity index (χ0n) is 20.8. The van der Waals surface area contributed by atoms with E-state index in [9.17, 15) is 9.90 Å². The van der Waals surface area contributed by atoms with E-state index in [0.29, 0.717) is 30.0 Å². The van der Waals surface area contributed by atoms with Gasteiger partial charge in [0.05, 0.1) is 26.0 Å². The standard InChI is InChI=1S/C26H35ClN2O4S.ClH/c1-5-20(6-2)28(13-14-30)12-7-15-33-24-11-9-21(32-4)17-22(24)26-29(18(3)31)23-10-8-19(27)16-25(23)34-26;/h8-11,16-17,20,26,30H,5-7,12-15H2,1-4H3;1H. The van der Waals surface area contributed by atoms with Gasteiger partial charge in [-0.25, -0.2) is 0 Å². The molecule has 1 heterocycles. The lowest BCUT2D eigenvalue weighted by Crippen LogP contribution is -2.38. The lowest BCUT2D eigenvalue weighted by atomic mass is 10.1. The van der Waals surface area contributed by atoms with Gasteiger partial charge in [-0.05, 0) is 55.7 Å². The van der Waals surface area contributed by atoms with Crippen molar-refractivity contribution in [3.05, 3.63) is 47.0 Å². The highest BCUT2D eigenvalue weighted by molar-refractivity contribution is 8.00. The number of methoxy groups -OCH3 is 1. The van der Waals surface area contributed by atoms with Gasteiger partial charge in [0, 0.05) is 41.5 Å². The SMILES string of the molecule is CCC(CC)N(CCO)CCCOc1ccc(OC)cc1C1Sc2cc(Cl)ccc2N1C(C)=O.Cl. The van der Waals surface area contributed by atoms with Crippen LogP contribution in [0.1, 0.15) is 51.0 Å².